The summed E-state index contributed by atoms with van der Waals surface area (Å²) < 4.78 is 30.0. The summed E-state index contributed by atoms with van der Waals surface area (Å²) in [5, 5.41) is 3.36. The number of alkyl halides is 2. The summed E-state index contributed by atoms with van der Waals surface area (Å²) in [5.74, 6) is 0.168. The molecule has 1 fully saturated rings. The Balaban J connectivity index is 1.52. The molecule has 3 rings (SSSR count). The molecule has 5 nitrogen and oxygen atoms in total. The molecule has 1 saturated heterocycles. The smallest absolute Gasteiger partial charge is 0.284 e. The van der Waals surface area contributed by atoms with E-state index in [0.717, 1.165) is 43.3 Å². The molecule has 0 bridgehead atoms. The summed E-state index contributed by atoms with van der Waals surface area (Å²) in [6, 6.07) is 7.62. The molecule has 1 aliphatic rings. The van der Waals surface area contributed by atoms with Crippen LogP contribution in [0, 0.1) is 0 Å². The van der Waals surface area contributed by atoms with Crippen molar-refractivity contribution in [3.8, 4) is 0 Å². The van der Waals surface area contributed by atoms with Crippen LogP contribution in [0.4, 0.5) is 14.6 Å². The van der Waals surface area contributed by atoms with Gasteiger partial charge in [-0.3, -0.25) is 0 Å². The van der Waals surface area contributed by atoms with E-state index >= 15 is 0 Å². The lowest BCUT2D eigenvalue weighted by Crippen LogP contribution is -2.45. The average molecular weight is 382 g/mol. The van der Waals surface area contributed by atoms with Crippen LogP contribution in [0.5, 0.6) is 0 Å². The number of furan rings is 1. The Bertz CT molecular complexity index is 689. The Labute approximate surface area is 156 Å². The number of likely N-dealkylation sites (N-methyl/N-ethyl adjacent to an activating group) is 1. The van der Waals surface area contributed by atoms with Gasteiger partial charge in [-0.05, 0) is 25.2 Å². The molecule has 1 N–H and O–H groups in total. The van der Waals surface area contributed by atoms with Crippen LogP contribution < -0.4 is 10.2 Å². The molecule has 0 saturated carbocycles. The zero-order valence-electron chi connectivity index (χ0n) is 14.8. The average Bonchev–Trinajstić information content (AvgIpc) is 3.09. The highest BCUT2D eigenvalue weighted by molar-refractivity contribution is 7.98. The van der Waals surface area contributed by atoms with Crippen LogP contribution >= 0.6 is 11.8 Å². The number of aromatic nitrogens is 1. The normalized spacial score (nSPS) is 15.8. The summed E-state index contributed by atoms with van der Waals surface area (Å²) in [5.41, 5.74) is 1.15. The molecule has 26 heavy (non-hydrogen) atoms. The predicted molar refractivity (Wildman–Crippen MR) is 100 cm³/mol. The largest absolute Gasteiger partial charge is 0.464 e. The molecule has 0 aliphatic carbocycles. The van der Waals surface area contributed by atoms with Gasteiger partial charge in [0.2, 0.25) is 0 Å². The molecule has 142 valence electrons. The first-order valence-electron chi connectivity index (χ1n) is 8.67. The van der Waals surface area contributed by atoms with Crippen molar-refractivity contribution in [3.63, 3.8) is 0 Å². The monoisotopic (exact) mass is 382 g/mol. The fourth-order valence-electron chi connectivity index (χ4n) is 2.93. The molecule has 0 unspecified atom stereocenters. The molecule has 0 spiro atoms. The van der Waals surface area contributed by atoms with Crippen LogP contribution in [0.1, 0.15) is 17.1 Å². The van der Waals surface area contributed by atoms with Crippen LogP contribution in [-0.2, 0) is 18.8 Å². The van der Waals surface area contributed by atoms with E-state index in [-0.39, 0.29) is 5.75 Å². The van der Waals surface area contributed by atoms with Gasteiger partial charge in [0.05, 0.1) is 12.3 Å². The fourth-order valence-corrected chi connectivity index (χ4v) is 3.38. The van der Waals surface area contributed by atoms with Crippen molar-refractivity contribution in [2.24, 2.45) is 0 Å². The van der Waals surface area contributed by atoms with Crippen molar-refractivity contribution >= 4 is 17.6 Å². The summed E-state index contributed by atoms with van der Waals surface area (Å²) in [4.78, 5) is 9.21. The van der Waals surface area contributed by atoms with Crippen molar-refractivity contribution in [3.05, 3.63) is 47.5 Å². The van der Waals surface area contributed by atoms with Gasteiger partial charge in [0, 0.05) is 44.5 Å². The van der Waals surface area contributed by atoms with E-state index in [1.807, 2.05) is 18.3 Å². The Morgan fingerprint density at radius 3 is 2.69 bits per heavy atom. The van der Waals surface area contributed by atoms with Gasteiger partial charge in [-0.1, -0.05) is 17.8 Å². The summed E-state index contributed by atoms with van der Waals surface area (Å²) in [6.07, 6.45) is 1.83. The van der Waals surface area contributed by atoms with E-state index < -0.39 is 5.76 Å². The van der Waals surface area contributed by atoms with Crippen molar-refractivity contribution < 1.29 is 13.2 Å². The minimum atomic E-state index is -2.37. The number of halogens is 2. The Kier molecular flexibility index (Phi) is 6.87. The number of hydrogen-bond acceptors (Lipinski definition) is 6. The molecular formula is C18H24F2N4OS. The van der Waals surface area contributed by atoms with E-state index in [0.29, 0.717) is 30.6 Å². The molecule has 8 heteroatoms. The minimum Gasteiger partial charge on any atom is -0.464 e. The standard InChI is InChI=1S/C18H24F2N4OS/c1-23-7-9-24(10-8-23)17-14(3-2-6-22-17)11-21-12-15-4-5-16(25-15)13-26-18(19)20/h2-6,18,21H,7-13H2,1H3. The zero-order valence-corrected chi connectivity index (χ0v) is 15.6. The first-order chi connectivity index (χ1) is 12.6. The second kappa shape index (κ2) is 9.34. The molecule has 0 aromatic carbocycles. The van der Waals surface area contributed by atoms with Crippen molar-refractivity contribution in [1.82, 2.24) is 15.2 Å². The van der Waals surface area contributed by atoms with Crippen LogP contribution in [0.2, 0.25) is 0 Å². The van der Waals surface area contributed by atoms with E-state index in [1.54, 1.807) is 6.07 Å². The summed E-state index contributed by atoms with van der Waals surface area (Å²) in [6.45, 7) is 5.26. The lowest BCUT2D eigenvalue weighted by molar-refractivity contribution is 0.251. The second-order valence-electron chi connectivity index (χ2n) is 6.32. The lowest BCUT2D eigenvalue weighted by Gasteiger charge is -2.34. The third kappa shape index (κ3) is 5.43. The summed E-state index contributed by atoms with van der Waals surface area (Å²) in [7, 11) is 2.13. The van der Waals surface area contributed by atoms with E-state index in [2.05, 4.69) is 33.2 Å². The Morgan fingerprint density at radius 2 is 1.92 bits per heavy atom. The highest BCUT2D eigenvalue weighted by Crippen LogP contribution is 2.22. The first-order valence-corrected chi connectivity index (χ1v) is 9.72. The molecule has 3 heterocycles. The van der Waals surface area contributed by atoms with Gasteiger partial charge < -0.3 is 19.5 Å². The second-order valence-corrected chi connectivity index (χ2v) is 7.30. The molecule has 2 aromatic rings. The zero-order chi connectivity index (χ0) is 18.4. The molecule has 0 radical (unpaired) electrons. The van der Waals surface area contributed by atoms with Gasteiger partial charge in [0.1, 0.15) is 17.3 Å². The number of nitrogens with one attached hydrogen (secondary N) is 1. The Hall–Kier alpha value is -1.64. The molecule has 1 aliphatic heterocycles. The van der Waals surface area contributed by atoms with Crippen LogP contribution in [0.25, 0.3) is 0 Å². The van der Waals surface area contributed by atoms with Crippen molar-refractivity contribution in [2.75, 3.05) is 38.1 Å². The highest BCUT2D eigenvalue weighted by Gasteiger charge is 2.17. The maximum Gasteiger partial charge on any atom is 0.284 e. The minimum absolute atomic E-state index is 0.188. The maximum atomic E-state index is 12.2. The van der Waals surface area contributed by atoms with Gasteiger partial charge in [0.15, 0.2) is 0 Å². The molecular weight excluding hydrogens is 358 g/mol. The SMILES string of the molecule is CN1CCN(c2ncccc2CNCc2ccc(CSC(F)F)o2)CC1. The lowest BCUT2D eigenvalue weighted by atomic mass is 10.2. The van der Waals surface area contributed by atoms with E-state index in [4.69, 9.17) is 4.42 Å². The third-order valence-corrected chi connectivity index (χ3v) is 5.06. The maximum absolute atomic E-state index is 12.2. The van der Waals surface area contributed by atoms with Gasteiger partial charge in [-0.25, -0.2) is 4.98 Å². The van der Waals surface area contributed by atoms with Crippen LogP contribution in [0.3, 0.4) is 0 Å². The van der Waals surface area contributed by atoms with Crippen LogP contribution in [-0.4, -0.2) is 48.9 Å². The highest BCUT2D eigenvalue weighted by atomic mass is 32.2. The number of piperazine rings is 1. The van der Waals surface area contributed by atoms with E-state index in [9.17, 15) is 8.78 Å². The Morgan fingerprint density at radius 1 is 1.15 bits per heavy atom. The number of hydrogen-bond donors (Lipinski definition) is 1. The van der Waals surface area contributed by atoms with Crippen molar-refractivity contribution in [1.29, 1.82) is 0 Å². The fraction of sp³-hybridized carbons (Fsp3) is 0.500. The molecule has 2 aromatic heterocycles. The van der Waals surface area contributed by atoms with Gasteiger partial charge in [0.25, 0.3) is 5.76 Å². The van der Waals surface area contributed by atoms with Gasteiger partial charge >= 0.3 is 0 Å². The quantitative estimate of drug-likeness (QED) is 0.757. The number of nitrogens with zero attached hydrogens (tertiary/aromatic N) is 3. The summed E-state index contributed by atoms with van der Waals surface area (Å²) >= 11 is 0.572. The van der Waals surface area contributed by atoms with Crippen molar-refractivity contribution in [2.45, 2.75) is 24.6 Å². The molecule has 0 atom stereocenters. The number of thioether (sulfide) groups is 1. The number of pyridine rings is 1. The number of anilines is 1. The van der Waals surface area contributed by atoms with E-state index in [1.165, 1.54) is 0 Å². The number of rotatable bonds is 8. The molecule has 0 amide bonds. The van der Waals surface area contributed by atoms with Crippen LogP contribution in [0.15, 0.2) is 34.9 Å². The first kappa shape index (κ1) is 19.1. The third-order valence-electron chi connectivity index (χ3n) is 4.35. The van der Waals surface area contributed by atoms with Gasteiger partial charge in [-0.2, -0.15) is 8.78 Å². The topological polar surface area (TPSA) is 44.5 Å². The predicted octanol–water partition coefficient (Wildman–Crippen LogP) is 3.17. The van der Waals surface area contributed by atoms with Gasteiger partial charge in [-0.15, -0.1) is 0 Å².